The number of carbonyl (C=O) groups excluding carboxylic acids is 1. The zero-order chi connectivity index (χ0) is 14.3. The Morgan fingerprint density at radius 3 is 2.79 bits per heavy atom. The second-order valence-electron chi connectivity index (χ2n) is 4.64. The number of benzene rings is 1. The van der Waals surface area contributed by atoms with Crippen LogP contribution in [0.5, 0.6) is 5.75 Å². The van der Waals surface area contributed by atoms with E-state index in [4.69, 9.17) is 16.3 Å². The number of alkyl halides is 1. The number of ether oxygens (including phenoxy) is 1. The van der Waals surface area contributed by atoms with Crippen LogP contribution in [0.25, 0.3) is 0 Å². The molecule has 5 heteroatoms. The molecule has 0 bridgehead atoms. The van der Waals surface area contributed by atoms with Gasteiger partial charge in [-0.25, -0.2) is 0 Å². The van der Waals surface area contributed by atoms with Crippen molar-refractivity contribution < 1.29 is 9.53 Å². The Kier molecular flexibility index (Phi) is 7.24. The Balaban J connectivity index is 2.42. The Morgan fingerprint density at radius 1 is 1.47 bits per heavy atom. The van der Waals surface area contributed by atoms with Crippen molar-refractivity contribution in [3.8, 4) is 5.75 Å². The first-order valence-electron chi connectivity index (χ1n) is 6.26. The summed E-state index contributed by atoms with van der Waals surface area (Å²) in [7, 11) is 0. The standard InChI is InChI=1S/C14H19BrClNO2/c1-10(2)13(6-7-15)17-14(18)9-19-12-5-3-4-11(16)8-12/h3-5,8,10,13H,6-7,9H2,1-2H3,(H,17,18). The molecule has 19 heavy (non-hydrogen) atoms. The molecule has 1 aromatic rings. The highest BCUT2D eigenvalue weighted by Gasteiger charge is 2.15. The summed E-state index contributed by atoms with van der Waals surface area (Å²) < 4.78 is 5.40. The first kappa shape index (κ1) is 16.3. The van der Waals surface area contributed by atoms with Crippen molar-refractivity contribution in [3.63, 3.8) is 0 Å². The van der Waals surface area contributed by atoms with Gasteiger partial charge in [-0.2, -0.15) is 0 Å². The van der Waals surface area contributed by atoms with Crippen LogP contribution >= 0.6 is 27.5 Å². The van der Waals surface area contributed by atoms with Crippen molar-refractivity contribution in [2.75, 3.05) is 11.9 Å². The maximum absolute atomic E-state index is 11.8. The number of halogens is 2. The van der Waals surface area contributed by atoms with Gasteiger partial charge in [-0.1, -0.05) is 47.4 Å². The molecule has 0 aliphatic heterocycles. The summed E-state index contributed by atoms with van der Waals surface area (Å²) in [5.74, 6) is 0.886. The smallest absolute Gasteiger partial charge is 0.258 e. The SMILES string of the molecule is CC(C)C(CCBr)NC(=O)COc1cccc(Cl)c1. The monoisotopic (exact) mass is 347 g/mol. The molecule has 0 fully saturated rings. The van der Waals surface area contributed by atoms with Gasteiger partial charge in [0.25, 0.3) is 5.91 Å². The normalized spacial score (nSPS) is 12.3. The molecule has 0 heterocycles. The van der Waals surface area contributed by atoms with E-state index in [1.54, 1.807) is 24.3 Å². The van der Waals surface area contributed by atoms with Gasteiger partial charge >= 0.3 is 0 Å². The first-order valence-corrected chi connectivity index (χ1v) is 7.76. The molecule has 1 amide bonds. The van der Waals surface area contributed by atoms with Gasteiger partial charge in [-0.3, -0.25) is 4.79 Å². The first-order chi connectivity index (χ1) is 9.02. The zero-order valence-electron chi connectivity index (χ0n) is 11.2. The fraction of sp³-hybridized carbons (Fsp3) is 0.500. The van der Waals surface area contributed by atoms with Gasteiger partial charge < -0.3 is 10.1 Å². The quantitative estimate of drug-likeness (QED) is 0.764. The summed E-state index contributed by atoms with van der Waals surface area (Å²) in [6, 6.07) is 7.18. The Hall–Kier alpha value is -0.740. The number of carbonyl (C=O) groups is 1. The summed E-state index contributed by atoms with van der Waals surface area (Å²) in [6.45, 7) is 4.18. The van der Waals surface area contributed by atoms with Crippen LogP contribution in [0.3, 0.4) is 0 Å². The summed E-state index contributed by atoms with van der Waals surface area (Å²) >= 11 is 9.24. The molecule has 0 saturated carbocycles. The third-order valence-corrected chi connectivity index (χ3v) is 3.43. The number of rotatable bonds is 7. The van der Waals surface area contributed by atoms with Gasteiger partial charge in [0, 0.05) is 16.4 Å². The molecular weight excluding hydrogens is 330 g/mol. The molecule has 1 aromatic carbocycles. The van der Waals surface area contributed by atoms with E-state index in [1.807, 2.05) is 0 Å². The molecule has 0 aromatic heterocycles. The molecule has 1 rings (SSSR count). The van der Waals surface area contributed by atoms with Crippen LogP contribution in [-0.4, -0.2) is 23.9 Å². The molecule has 3 nitrogen and oxygen atoms in total. The topological polar surface area (TPSA) is 38.3 Å². The van der Waals surface area contributed by atoms with Crippen molar-refractivity contribution in [2.45, 2.75) is 26.3 Å². The number of amides is 1. The Bertz CT molecular complexity index is 412. The zero-order valence-corrected chi connectivity index (χ0v) is 13.5. The second-order valence-corrected chi connectivity index (χ2v) is 5.87. The maximum Gasteiger partial charge on any atom is 0.258 e. The Labute approximate surface area is 127 Å². The van der Waals surface area contributed by atoms with Gasteiger partial charge in [-0.15, -0.1) is 0 Å². The van der Waals surface area contributed by atoms with Crippen LogP contribution in [0.1, 0.15) is 20.3 Å². The molecule has 0 radical (unpaired) electrons. The fourth-order valence-electron chi connectivity index (χ4n) is 1.64. The minimum absolute atomic E-state index is 0.00580. The van der Waals surface area contributed by atoms with Crippen LogP contribution in [0.15, 0.2) is 24.3 Å². The molecule has 1 atom stereocenters. The summed E-state index contributed by atoms with van der Waals surface area (Å²) in [4.78, 5) is 11.8. The summed E-state index contributed by atoms with van der Waals surface area (Å²) in [5, 5.41) is 4.44. The van der Waals surface area contributed by atoms with E-state index < -0.39 is 0 Å². The number of hydrogen-bond acceptors (Lipinski definition) is 2. The largest absolute Gasteiger partial charge is 0.484 e. The van der Waals surface area contributed by atoms with Crippen LogP contribution in [0.4, 0.5) is 0 Å². The lowest BCUT2D eigenvalue weighted by Crippen LogP contribution is -2.41. The van der Waals surface area contributed by atoms with Crippen molar-refractivity contribution in [1.29, 1.82) is 0 Å². The van der Waals surface area contributed by atoms with Gasteiger partial charge in [0.15, 0.2) is 6.61 Å². The highest BCUT2D eigenvalue weighted by molar-refractivity contribution is 9.09. The van der Waals surface area contributed by atoms with E-state index >= 15 is 0 Å². The Morgan fingerprint density at radius 2 is 2.21 bits per heavy atom. The van der Waals surface area contributed by atoms with Crippen LogP contribution in [0, 0.1) is 5.92 Å². The summed E-state index contributed by atoms with van der Waals surface area (Å²) in [5.41, 5.74) is 0. The lowest BCUT2D eigenvalue weighted by molar-refractivity contribution is -0.124. The van der Waals surface area contributed by atoms with Crippen molar-refractivity contribution in [2.24, 2.45) is 5.92 Å². The van der Waals surface area contributed by atoms with Crippen LogP contribution in [-0.2, 0) is 4.79 Å². The van der Waals surface area contributed by atoms with E-state index in [1.165, 1.54) is 0 Å². The third-order valence-electron chi connectivity index (χ3n) is 2.74. The minimum Gasteiger partial charge on any atom is -0.484 e. The fourth-order valence-corrected chi connectivity index (χ4v) is 2.32. The van der Waals surface area contributed by atoms with Crippen molar-refractivity contribution in [1.82, 2.24) is 5.32 Å². The predicted octanol–water partition coefficient (Wildman–Crippen LogP) is 3.64. The highest BCUT2D eigenvalue weighted by atomic mass is 79.9. The molecule has 0 saturated heterocycles. The lowest BCUT2D eigenvalue weighted by Gasteiger charge is -2.21. The number of hydrogen-bond donors (Lipinski definition) is 1. The van der Waals surface area contributed by atoms with Crippen LogP contribution in [0.2, 0.25) is 5.02 Å². The van der Waals surface area contributed by atoms with Crippen molar-refractivity contribution >= 4 is 33.4 Å². The van der Waals surface area contributed by atoms with Crippen LogP contribution < -0.4 is 10.1 Å². The van der Waals surface area contributed by atoms with Gasteiger partial charge in [0.1, 0.15) is 5.75 Å². The van der Waals surface area contributed by atoms with E-state index in [0.29, 0.717) is 16.7 Å². The molecule has 106 valence electrons. The van der Waals surface area contributed by atoms with E-state index in [0.717, 1.165) is 11.8 Å². The van der Waals surface area contributed by atoms with E-state index in [9.17, 15) is 4.79 Å². The average molecular weight is 349 g/mol. The molecule has 0 aliphatic carbocycles. The lowest BCUT2D eigenvalue weighted by atomic mass is 10.0. The molecule has 1 N–H and O–H groups in total. The predicted molar refractivity (Wildman–Crippen MR) is 82.1 cm³/mol. The minimum atomic E-state index is -0.111. The van der Waals surface area contributed by atoms with E-state index in [2.05, 4.69) is 35.1 Å². The molecule has 0 spiro atoms. The maximum atomic E-state index is 11.8. The highest BCUT2D eigenvalue weighted by Crippen LogP contribution is 2.17. The molecule has 1 unspecified atom stereocenters. The summed E-state index contributed by atoms with van der Waals surface area (Å²) in [6.07, 6.45) is 0.903. The third kappa shape index (κ3) is 6.30. The second kappa shape index (κ2) is 8.43. The van der Waals surface area contributed by atoms with Gasteiger partial charge in [0.2, 0.25) is 0 Å². The number of nitrogens with one attached hydrogen (secondary N) is 1. The van der Waals surface area contributed by atoms with Crippen molar-refractivity contribution in [3.05, 3.63) is 29.3 Å². The van der Waals surface area contributed by atoms with E-state index in [-0.39, 0.29) is 18.6 Å². The van der Waals surface area contributed by atoms with Gasteiger partial charge in [0.05, 0.1) is 0 Å². The van der Waals surface area contributed by atoms with Gasteiger partial charge in [-0.05, 0) is 30.5 Å². The average Bonchev–Trinajstić information content (AvgIpc) is 2.36. The molecule has 0 aliphatic rings. The molecular formula is C14H19BrClNO2.